The second-order valence-electron chi connectivity index (χ2n) is 9.14. The SMILES string of the molecule is Cc1ccc(C2=C(N3CCc4ccccc4C3)C(=O)N(c3ccc(OC(C)C)cc3)C2=O)cc1. The normalized spacial score (nSPS) is 15.9. The van der Waals surface area contributed by atoms with Gasteiger partial charge in [0.2, 0.25) is 0 Å². The number of ether oxygens (including phenoxy) is 1. The van der Waals surface area contributed by atoms with Crippen molar-refractivity contribution >= 4 is 23.1 Å². The number of aryl methyl sites for hydroxylation is 1. The van der Waals surface area contributed by atoms with E-state index in [0.29, 0.717) is 35.8 Å². The zero-order chi connectivity index (χ0) is 23.8. The first kappa shape index (κ1) is 22.0. The minimum absolute atomic E-state index is 0.0456. The first-order valence-electron chi connectivity index (χ1n) is 11.7. The van der Waals surface area contributed by atoms with E-state index >= 15 is 0 Å². The molecular formula is C29H28N2O3. The van der Waals surface area contributed by atoms with Crippen molar-refractivity contribution in [3.05, 3.63) is 101 Å². The molecule has 172 valence electrons. The molecule has 5 rings (SSSR count). The number of hydrogen-bond donors (Lipinski definition) is 0. The van der Waals surface area contributed by atoms with Crippen molar-refractivity contribution < 1.29 is 14.3 Å². The molecule has 34 heavy (non-hydrogen) atoms. The van der Waals surface area contributed by atoms with Gasteiger partial charge in [0.25, 0.3) is 11.8 Å². The Hall–Kier alpha value is -3.86. The fourth-order valence-electron chi connectivity index (χ4n) is 4.66. The molecule has 0 saturated heterocycles. The first-order chi connectivity index (χ1) is 16.4. The highest BCUT2D eigenvalue weighted by Crippen LogP contribution is 2.37. The fourth-order valence-corrected chi connectivity index (χ4v) is 4.66. The van der Waals surface area contributed by atoms with E-state index in [4.69, 9.17) is 4.74 Å². The lowest BCUT2D eigenvalue weighted by Gasteiger charge is -2.31. The molecule has 0 saturated carbocycles. The van der Waals surface area contributed by atoms with E-state index in [-0.39, 0.29) is 17.9 Å². The van der Waals surface area contributed by atoms with Gasteiger partial charge in [-0.1, -0.05) is 54.1 Å². The van der Waals surface area contributed by atoms with Crippen LogP contribution < -0.4 is 9.64 Å². The second kappa shape index (κ2) is 8.82. The Morgan fingerprint density at radius 1 is 0.824 bits per heavy atom. The lowest BCUT2D eigenvalue weighted by molar-refractivity contribution is -0.120. The molecule has 0 N–H and O–H groups in total. The van der Waals surface area contributed by atoms with Crippen molar-refractivity contribution in [2.45, 2.75) is 39.8 Å². The van der Waals surface area contributed by atoms with E-state index < -0.39 is 0 Å². The van der Waals surface area contributed by atoms with Gasteiger partial charge in [0.1, 0.15) is 11.4 Å². The van der Waals surface area contributed by atoms with Crippen LogP contribution in [0, 0.1) is 6.92 Å². The standard InChI is InChI=1S/C29H28N2O3/c1-19(2)34-25-14-12-24(13-15-25)31-28(32)26(22-10-8-20(3)9-11-22)27(29(31)33)30-17-16-21-6-4-5-7-23(21)18-30/h4-15,19H,16-18H2,1-3H3. The van der Waals surface area contributed by atoms with Gasteiger partial charge >= 0.3 is 0 Å². The maximum absolute atomic E-state index is 13.8. The highest BCUT2D eigenvalue weighted by Gasteiger charge is 2.43. The van der Waals surface area contributed by atoms with Crippen molar-refractivity contribution in [3.8, 4) is 5.75 Å². The second-order valence-corrected chi connectivity index (χ2v) is 9.14. The quantitative estimate of drug-likeness (QED) is 0.504. The summed E-state index contributed by atoms with van der Waals surface area (Å²) in [5.41, 5.74) is 5.84. The number of benzene rings is 3. The first-order valence-corrected chi connectivity index (χ1v) is 11.7. The molecule has 0 aromatic heterocycles. The molecule has 0 atom stereocenters. The number of rotatable bonds is 5. The van der Waals surface area contributed by atoms with E-state index in [1.54, 1.807) is 24.3 Å². The topological polar surface area (TPSA) is 49.9 Å². The van der Waals surface area contributed by atoms with Crippen LogP contribution in [-0.4, -0.2) is 29.4 Å². The maximum atomic E-state index is 13.8. The summed E-state index contributed by atoms with van der Waals surface area (Å²) in [5, 5.41) is 0. The molecule has 5 nitrogen and oxygen atoms in total. The van der Waals surface area contributed by atoms with Crippen LogP contribution in [0.1, 0.15) is 36.1 Å². The van der Waals surface area contributed by atoms with E-state index in [9.17, 15) is 9.59 Å². The molecule has 2 heterocycles. The van der Waals surface area contributed by atoms with Crippen molar-refractivity contribution in [1.29, 1.82) is 0 Å². The number of amides is 2. The van der Waals surface area contributed by atoms with E-state index in [1.165, 1.54) is 16.0 Å². The van der Waals surface area contributed by atoms with E-state index in [2.05, 4.69) is 17.0 Å². The highest BCUT2D eigenvalue weighted by atomic mass is 16.5. The number of imide groups is 1. The Morgan fingerprint density at radius 2 is 1.50 bits per heavy atom. The zero-order valence-corrected chi connectivity index (χ0v) is 19.7. The minimum atomic E-state index is -0.291. The minimum Gasteiger partial charge on any atom is -0.491 e. The number of hydrogen-bond acceptors (Lipinski definition) is 4. The molecule has 2 amide bonds. The number of nitrogens with zero attached hydrogens (tertiary/aromatic N) is 2. The van der Waals surface area contributed by atoms with Crippen LogP contribution in [0.25, 0.3) is 5.57 Å². The molecule has 2 aliphatic rings. The lowest BCUT2D eigenvalue weighted by atomic mass is 9.97. The van der Waals surface area contributed by atoms with Gasteiger partial charge in [0, 0.05) is 13.1 Å². The molecule has 0 radical (unpaired) electrons. The number of carbonyl (C=O) groups is 2. The number of carbonyl (C=O) groups excluding carboxylic acids is 2. The van der Waals surface area contributed by atoms with Crippen LogP contribution in [0.5, 0.6) is 5.75 Å². The Bertz CT molecular complexity index is 1270. The molecule has 0 spiro atoms. The highest BCUT2D eigenvalue weighted by molar-refractivity contribution is 6.45. The summed E-state index contributed by atoms with van der Waals surface area (Å²) in [4.78, 5) is 30.9. The molecule has 0 unspecified atom stereocenters. The van der Waals surface area contributed by atoms with Gasteiger partial charge in [-0.15, -0.1) is 0 Å². The largest absolute Gasteiger partial charge is 0.491 e. The predicted molar refractivity (Wildman–Crippen MR) is 133 cm³/mol. The molecule has 3 aromatic carbocycles. The number of anilines is 1. The molecule has 5 heteroatoms. The summed E-state index contributed by atoms with van der Waals surface area (Å²) < 4.78 is 5.73. The van der Waals surface area contributed by atoms with Crippen molar-refractivity contribution in [3.63, 3.8) is 0 Å². The molecule has 3 aromatic rings. The summed E-state index contributed by atoms with van der Waals surface area (Å²) in [6, 6.07) is 23.3. The van der Waals surface area contributed by atoms with Gasteiger partial charge in [-0.25, -0.2) is 4.90 Å². The lowest BCUT2D eigenvalue weighted by Crippen LogP contribution is -2.37. The van der Waals surface area contributed by atoms with E-state index in [0.717, 1.165) is 17.5 Å². The Balaban J connectivity index is 1.55. The Labute approximate surface area is 200 Å². The van der Waals surface area contributed by atoms with Crippen LogP contribution >= 0.6 is 0 Å². The van der Waals surface area contributed by atoms with Crippen LogP contribution in [0.4, 0.5) is 5.69 Å². The van der Waals surface area contributed by atoms with Crippen LogP contribution in [0.3, 0.4) is 0 Å². The van der Waals surface area contributed by atoms with Gasteiger partial charge in [0.15, 0.2) is 0 Å². The average Bonchev–Trinajstić information content (AvgIpc) is 3.09. The third kappa shape index (κ3) is 3.98. The molecule has 0 bridgehead atoms. The molecule has 2 aliphatic heterocycles. The average molecular weight is 453 g/mol. The maximum Gasteiger partial charge on any atom is 0.282 e. The van der Waals surface area contributed by atoms with Gasteiger partial charge in [-0.2, -0.15) is 0 Å². The Morgan fingerprint density at radius 3 is 2.18 bits per heavy atom. The monoisotopic (exact) mass is 452 g/mol. The summed E-state index contributed by atoms with van der Waals surface area (Å²) in [6.45, 7) is 7.23. The third-order valence-corrected chi connectivity index (χ3v) is 6.31. The molecule has 0 aliphatic carbocycles. The number of fused-ring (bicyclic) bond motifs is 1. The van der Waals surface area contributed by atoms with Crippen LogP contribution in [0.15, 0.2) is 78.5 Å². The third-order valence-electron chi connectivity index (χ3n) is 6.31. The van der Waals surface area contributed by atoms with Crippen molar-refractivity contribution in [2.24, 2.45) is 0 Å². The van der Waals surface area contributed by atoms with Crippen LogP contribution in [0.2, 0.25) is 0 Å². The van der Waals surface area contributed by atoms with Gasteiger partial charge in [0.05, 0.1) is 17.4 Å². The summed E-state index contributed by atoms with van der Waals surface area (Å²) in [5.74, 6) is 0.134. The van der Waals surface area contributed by atoms with Crippen LogP contribution in [-0.2, 0) is 22.6 Å². The fraction of sp³-hybridized carbons (Fsp3) is 0.241. The van der Waals surface area contributed by atoms with Crippen molar-refractivity contribution in [1.82, 2.24) is 4.90 Å². The van der Waals surface area contributed by atoms with Crippen molar-refractivity contribution in [2.75, 3.05) is 11.4 Å². The summed E-state index contributed by atoms with van der Waals surface area (Å²) >= 11 is 0. The smallest absolute Gasteiger partial charge is 0.282 e. The Kier molecular flexibility index (Phi) is 5.70. The van der Waals surface area contributed by atoms with E-state index in [1.807, 2.05) is 57.2 Å². The predicted octanol–water partition coefficient (Wildman–Crippen LogP) is 5.13. The summed E-state index contributed by atoms with van der Waals surface area (Å²) in [7, 11) is 0. The van der Waals surface area contributed by atoms with Gasteiger partial charge in [-0.3, -0.25) is 9.59 Å². The molecule has 0 fully saturated rings. The zero-order valence-electron chi connectivity index (χ0n) is 19.7. The van der Waals surface area contributed by atoms with Gasteiger partial charge < -0.3 is 9.64 Å². The molecular weight excluding hydrogens is 424 g/mol. The summed E-state index contributed by atoms with van der Waals surface area (Å²) in [6.07, 6.45) is 0.883. The van der Waals surface area contributed by atoms with Gasteiger partial charge in [-0.05, 0) is 68.1 Å².